The molecule has 22 heavy (non-hydrogen) atoms. The van der Waals surface area contributed by atoms with Crippen molar-refractivity contribution in [2.45, 2.75) is 45.6 Å². The molecule has 0 radical (unpaired) electrons. The fourth-order valence-electron chi connectivity index (χ4n) is 2.39. The fraction of sp³-hybridized carbons (Fsp3) is 0.368. The molecule has 116 valence electrons. The van der Waals surface area contributed by atoms with Crippen molar-refractivity contribution < 1.29 is 4.79 Å². The largest absolute Gasteiger partial charge is 0.350 e. The average molecular weight is 296 g/mol. The molecule has 0 unspecified atom stereocenters. The van der Waals surface area contributed by atoms with Crippen LogP contribution in [-0.2, 0) is 11.2 Å². The summed E-state index contributed by atoms with van der Waals surface area (Å²) in [6, 6.07) is 14.4. The molecule has 1 aromatic heterocycles. The van der Waals surface area contributed by atoms with Crippen molar-refractivity contribution in [2.75, 3.05) is 0 Å². The van der Waals surface area contributed by atoms with Gasteiger partial charge in [-0.15, -0.1) is 0 Å². The summed E-state index contributed by atoms with van der Waals surface area (Å²) in [5.41, 5.74) is 3.37. The Hall–Kier alpha value is -2.16. The number of benzene rings is 1. The second-order valence-corrected chi connectivity index (χ2v) is 5.71. The van der Waals surface area contributed by atoms with Crippen molar-refractivity contribution in [1.29, 1.82) is 0 Å². The number of carbonyl (C=O) groups is 1. The third kappa shape index (κ3) is 5.32. The van der Waals surface area contributed by atoms with Gasteiger partial charge in [0.15, 0.2) is 0 Å². The molecule has 0 spiro atoms. The topological polar surface area (TPSA) is 42.0 Å². The molecule has 1 aromatic carbocycles. The number of amides is 1. The van der Waals surface area contributed by atoms with Crippen LogP contribution in [0.4, 0.5) is 0 Å². The lowest BCUT2D eigenvalue weighted by atomic mass is 10.1. The van der Waals surface area contributed by atoms with Crippen LogP contribution >= 0.6 is 0 Å². The molecule has 0 aliphatic heterocycles. The van der Waals surface area contributed by atoms with Gasteiger partial charge in [0.1, 0.15) is 0 Å². The number of nitrogens with zero attached hydrogens (tertiary/aromatic N) is 1. The van der Waals surface area contributed by atoms with Crippen LogP contribution < -0.4 is 5.32 Å². The molecule has 0 fully saturated rings. The number of nitrogens with one attached hydrogen (secondary N) is 1. The van der Waals surface area contributed by atoms with E-state index in [1.54, 1.807) is 0 Å². The first-order chi connectivity index (χ1) is 10.6. The average Bonchev–Trinajstić information content (AvgIpc) is 2.53. The first-order valence-corrected chi connectivity index (χ1v) is 7.91. The van der Waals surface area contributed by atoms with Gasteiger partial charge in [-0.2, -0.15) is 0 Å². The van der Waals surface area contributed by atoms with E-state index in [9.17, 15) is 4.79 Å². The Kier molecular flexibility index (Phi) is 6.13. The molecule has 2 rings (SSSR count). The van der Waals surface area contributed by atoms with E-state index in [1.807, 2.05) is 38.2 Å². The maximum atomic E-state index is 12.0. The Morgan fingerprint density at radius 1 is 1.14 bits per heavy atom. The minimum atomic E-state index is 0.00900. The summed E-state index contributed by atoms with van der Waals surface area (Å²) in [7, 11) is 0. The minimum Gasteiger partial charge on any atom is -0.350 e. The number of aromatic nitrogens is 1. The van der Waals surface area contributed by atoms with Crippen LogP contribution in [-0.4, -0.2) is 10.9 Å². The second kappa shape index (κ2) is 8.32. The van der Waals surface area contributed by atoms with Crippen LogP contribution in [0.5, 0.6) is 0 Å². The zero-order valence-corrected chi connectivity index (χ0v) is 13.4. The van der Waals surface area contributed by atoms with Gasteiger partial charge in [-0.25, -0.2) is 0 Å². The molecule has 0 bridgehead atoms. The van der Waals surface area contributed by atoms with Gasteiger partial charge in [-0.05, 0) is 50.3 Å². The van der Waals surface area contributed by atoms with Gasteiger partial charge in [0.05, 0.1) is 6.04 Å². The maximum Gasteiger partial charge on any atom is 0.220 e. The smallest absolute Gasteiger partial charge is 0.220 e. The maximum absolute atomic E-state index is 12.0. The predicted molar refractivity (Wildman–Crippen MR) is 89.5 cm³/mol. The summed E-state index contributed by atoms with van der Waals surface area (Å²) in [5.74, 6) is 0.112. The predicted octanol–water partition coefficient (Wildman–Crippen LogP) is 3.98. The molecule has 0 aliphatic rings. The van der Waals surface area contributed by atoms with Crippen molar-refractivity contribution in [1.82, 2.24) is 10.3 Å². The van der Waals surface area contributed by atoms with E-state index >= 15 is 0 Å². The zero-order valence-electron chi connectivity index (χ0n) is 13.4. The zero-order chi connectivity index (χ0) is 15.8. The Labute approximate surface area is 132 Å². The Morgan fingerprint density at radius 3 is 2.59 bits per heavy atom. The molecule has 0 aliphatic carbocycles. The molecule has 1 heterocycles. The Balaban J connectivity index is 1.68. The summed E-state index contributed by atoms with van der Waals surface area (Å²) in [5, 5.41) is 3.04. The monoisotopic (exact) mass is 296 g/mol. The summed E-state index contributed by atoms with van der Waals surface area (Å²) >= 11 is 0. The van der Waals surface area contributed by atoms with E-state index in [1.165, 1.54) is 5.56 Å². The number of unbranched alkanes of at least 4 members (excludes halogenated alkanes) is 1. The van der Waals surface area contributed by atoms with Gasteiger partial charge in [0.2, 0.25) is 5.91 Å². The summed E-state index contributed by atoms with van der Waals surface area (Å²) in [4.78, 5) is 16.2. The van der Waals surface area contributed by atoms with Crippen molar-refractivity contribution >= 4 is 5.91 Å². The van der Waals surface area contributed by atoms with Gasteiger partial charge in [-0.1, -0.05) is 36.4 Å². The van der Waals surface area contributed by atoms with E-state index in [0.29, 0.717) is 6.42 Å². The molecule has 2 aromatic rings. The van der Waals surface area contributed by atoms with Gasteiger partial charge in [0.25, 0.3) is 0 Å². The summed E-state index contributed by atoms with van der Waals surface area (Å²) in [6.45, 7) is 3.95. The molecule has 1 atom stereocenters. The standard InChI is InChI=1S/C19H24N2O/c1-15-12-13-18(14-20-15)16(2)21-19(22)11-7-6-10-17-8-4-3-5-9-17/h3-5,8-9,12-14,16H,6-7,10-11H2,1-2H3,(H,21,22)/t16-/m0/s1. The molecular formula is C19H24N2O. The quantitative estimate of drug-likeness (QED) is 0.785. The lowest BCUT2D eigenvalue weighted by Crippen LogP contribution is -2.26. The normalized spacial score (nSPS) is 11.9. The number of hydrogen-bond acceptors (Lipinski definition) is 2. The van der Waals surface area contributed by atoms with Crippen molar-refractivity contribution in [3.05, 3.63) is 65.5 Å². The van der Waals surface area contributed by atoms with Crippen LogP contribution in [0.3, 0.4) is 0 Å². The Bertz CT molecular complexity index is 578. The van der Waals surface area contributed by atoms with Gasteiger partial charge < -0.3 is 5.32 Å². The minimum absolute atomic E-state index is 0.00900. The SMILES string of the molecule is Cc1ccc([C@H](C)NC(=O)CCCCc2ccccc2)cn1. The van der Waals surface area contributed by atoms with Gasteiger partial charge >= 0.3 is 0 Å². The van der Waals surface area contributed by atoms with E-state index in [2.05, 4.69) is 34.6 Å². The highest BCUT2D eigenvalue weighted by Crippen LogP contribution is 2.12. The molecule has 3 nitrogen and oxygen atoms in total. The van der Waals surface area contributed by atoms with Gasteiger partial charge in [0, 0.05) is 18.3 Å². The highest BCUT2D eigenvalue weighted by molar-refractivity contribution is 5.76. The number of hydrogen-bond donors (Lipinski definition) is 1. The van der Waals surface area contributed by atoms with Crippen molar-refractivity contribution in [3.63, 3.8) is 0 Å². The van der Waals surface area contributed by atoms with E-state index in [-0.39, 0.29) is 11.9 Å². The second-order valence-electron chi connectivity index (χ2n) is 5.71. The van der Waals surface area contributed by atoms with Crippen LogP contribution in [0.1, 0.15) is 49.0 Å². The number of pyridine rings is 1. The highest BCUT2D eigenvalue weighted by Gasteiger charge is 2.09. The van der Waals surface area contributed by atoms with Crippen molar-refractivity contribution in [2.24, 2.45) is 0 Å². The third-order valence-electron chi connectivity index (χ3n) is 3.77. The van der Waals surface area contributed by atoms with E-state index in [4.69, 9.17) is 0 Å². The van der Waals surface area contributed by atoms with Crippen LogP contribution in [0.2, 0.25) is 0 Å². The third-order valence-corrected chi connectivity index (χ3v) is 3.77. The van der Waals surface area contributed by atoms with E-state index in [0.717, 1.165) is 30.5 Å². The fourth-order valence-corrected chi connectivity index (χ4v) is 2.39. The molecule has 1 amide bonds. The number of aryl methyl sites for hydroxylation is 2. The number of rotatable bonds is 7. The van der Waals surface area contributed by atoms with Crippen LogP contribution in [0.25, 0.3) is 0 Å². The van der Waals surface area contributed by atoms with Crippen LogP contribution in [0.15, 0.2) is 48.7 Å². The van der Waals surface area contributed by atoms with Crippen LogP contribution in [0, 0.1) is 6.92 Å². The van der Waals surface area contributed by atoms with E-state index < -0.39 is 0 Å². The van der Waals surface area contributed by atoms with Crippen molar-refractivity contribution in [3.8, 4) is 0 Å². The molecule has 0 saturated carbocycles. The lowest BCUT2D eigenvalue weighted by molar-refractivity contribution is -0.121. The Morgan fingerprint density at radius 2 is 1.91 bits per heavy atom. The molecule has 1 N–H and O–H groups in total. The first kappa shape index (κ1) is 16.2. The number of carbonyl (C=O) groups excluding carboxylic acids is 1. The summed E-state index contributed by atoms with van der Waals surface area (Å²) in [6.07, 6.45) is 5.40. The van der Waals surface area contributed by atoms with Gasteiger partial charge in [-0.3, -0.25) is 9.78 Å². The summed E-state index contributed by atoms with van der Waals surface area (Å²) < 4.78 is 0. The first-order valence-electron chi connectivity index (χ1n) is 7.91. The molecular weight excluding hydrogens is 272 g/mol. The molecule has 0 saturated heterocycles. The molecule has 3 heteroatoms. The highest BCUT2D eigenvalue weighted by atomic mass is 16.1. The lowest BCUT2D eigenvalue weighted by Gasteiger charge is -2.14.